The molecule has 0 aliphatic carbocycles. The zero-order valence-electron chi connectivity index (χ0n) is 13.1. The summed E-state index contributed by atoms with van der Waals surface area (Å²) in [5.41, 5.74) is 2.23. The number of ether oxygens (including phenoxy) is 2. The SMILES string of the molecule is COC(CN1CCN(Cc2ccc(F)cc2C)CC1)OC. The minimum absolute atomic E-state index is 0.157. The number of rotatable bonds is 6. The lowest BCUT2D eigenvalue weighted by molar-refractivity contribution is -0.119. The Labute approximate surface area is 126 Å². The Morgan fingerprint density at radius 3 is 2.29 bits per heavy atom. The van der Waals surface area contributed by atoms with E-state index in [0.29, 0.717) is 0 Å². The van der Waals surface area contributed by atoms with Crippen molar-refractivity contribution in [1.29, 1.82) is 0 Å². The van der Waals surface area contributed by atoms with Crippen molar-refractivity contribution in [3.63, 3.8) is 0 Å². The Kier molecular flexibility index (Phi) is 6.11. The van der Waals surface area contributed by atoms with E-state index in [0.717, 1.165) is 44.8 Å². The van der Waals surface area contributed by atoms with Gasteiger partial charge in [0.25, 0.3) is 0 Å². The van der Waals surface area contributed by atoms with Crippen LogP contribution in [0.4, 0.5) is 4.39 Å². The van der Waals surface area contributed by atoms with Crippen molar-refractivity contribution in [2.75, 3.05) is 46.9 Å². The Hall–Kier alpha value is -1.01. The zero-order chi connectivity index (χ0) is 15.2. The maximum atomic E-state index is 13.1. The van der Waals surface area contributed by atoms with Gasteiger partial charge in [-0.2, -0.15) is 0 Å². The fourth-order valence-corrected chi connectivity index (χ4v) is 2.66. The first-order chi connectivity index (χ1) is 10.1. The van der Waals surface area contributed by atoms with Crippen LogP contribution in [0.15, 0.2) is 18.2 Å². The molecule has 0 atom stereocenters. The zero-order valence-corrected chi connectivity index (χ0v) is 13.1. The lowest BCUT2D eigenvalue weighted by Gasteiger charge is -2.36. The number of piperazine rings is 1. The minimum Gasteiger partial charge on any atom is -0.355 e. The fraction of sp³-hybridized carbons (Fsp3) is 0.625. The van der Waals surface area contributed by atoms with Crippen molar-refractivity contribution in [2.45, 2.75) is 19.8 Å². The second-order valence-corrected chi connectivity index (χ2v) is 5.55. The predicted molar refractivity (Wildman–Crippen MR) is 80.7 cm³/mol. The molecule has 1 aliphatic rings. The van der Waals surface area contributed by atoms with E-state index in [9.17, 15) is 4.39 Å². The van der Waals surface area contributed by atoms with Gasteiger partial charge in [-0.25, -0.2) is 4.39 Å². The van der Waals surface area contributed by atoms with Gasteiger partial charge < -0.3 is 9.47 Å². The number of aryl methyl sites for hydroxylation is 1. The summed E-state index contributed by atoms with van der Waals surface area (Å²) < 4.78 is 23.6. The van der Waals surface area contributed by atoms with Crippen molar-refractivity contribution in [3.05, 3.63) is 35.1 Å². The second-order valence-electron chi connectivity index (χ2n) is 5.55. The normalized spacial score (nSPS) is 17.6. The van der Waals surface area contributed by atoms with Gasteiger partial charge in [0.1, 0.15) is 5.82 Å². The third kappa shape index (κ3) is 4.74. The van der Waals surface area contributed by atoms with E-state index in [1.165, 1.54) is 5.56 Å². The Balaban J connectivity index is 1.81. The number of nitrogens with zero attached hydrogens (tertiary/aromatic N) is 2. The molecule has 0 amide bonds. The van der Waals surface area contributed by atoms with Crippen LogP contribution in [0.1, 0.15) is 11.1 Å². The molecule has 1 aliphatic heterocycles. The van der Waals surface area contributed by atoms with E-state index in [1.807, 2.05) is 13.0 Å². The third-order valence-corrected chi connectivity index (χ3v) is 4.10. The molecule has 0 unspecified atom stereocenters. The first-order valence-electron chi connectivity index (χ1n) is 7.37. The van der Waals surface area contributed by atoms with Crippen LogP contribution in [-0.4, -0.2) is 63.0 Å². The van der Waals surface area contributed by atoms with Crippen molar-refractivity contribution < 1.29 is 13.9 Å². The van der Waals surface area contributed by atoms with Crippen LogP contribution < -0.4 is 0 Å². The molecule has 0 spiro atoms. The van der Waals surface area contributed by atoms with Crippen molar-refractivity contribution in [2.24, 2.45) is 0 Å². The number of methoxy groups -OCH3 is 2. The van der Waals surface area contributed by atoms with Gasteiger partial charge in [-0.1, -0.05) is 6.07 Å². The molecule has 1 saturated heterocycles. The Morgan fingerprint density at radius 2 is 1.71 bits per heavy atom. The number of benzene rings is 1. The molecule has 21 heavy (non-hydrogen) atoms. The maximum absolute atomic E-state index is 13.1. The van der Waals surface area contributed by atoms with E-state index in [2.05, 4.69) is 9.80 Å². The van der Waals surface area contributed by atoms with Crippen LogP contribution >= 0.6 is 0 Å². The minimum atomic E-state index is -0.161. The van der Waals surface area contributed by atoms with E-state index >= 15 is 0 Å². The molecule has 0 bridgehead atoms. The molecule has 0 aromatic heterocycles. The van der Waals surface area contributed by atoms with Crippen molar-refractivity contribution >= 4 is 0 Å². The Bertz CT molecular complexity index is 444. The molecule has 0 saturated carbocycles. The number of hydrogen-bond acceptors (Lipinski definition) is 4. The van der Waals surface area contributed by atoms with Crippen LogP contribution in [0.5, 0.6) is 0 Å². The highest BCUT2D eigenvalue weighted by Gasteiger charge is 2.20. The highest BCUT2D eigenvalue weighted by Crippen LogP contribution is 2.14. The highest BCUT2D eigenvalue weighted by molar-refractivity contribution is 5.26. The molecule has 1 aromatic rings. The molecular weight excluding hydrogens is 271 g/mol. The first kappa shape index (κ1) is 16.4. The van der Waals surface area contributed by atoms with Gasteiger partial charge in [0.05, 0.1) is 0 Å². The first-order valence-corrected chi connectivity index (χ1v) is 7.37. The summed E-state index contributed by atoms with van der Waals surface area (Å²) in [5, 5.41) is 0. The average molecular weight is 296 g/mol. The van der Waals surface area contributed by atoms with Crippen molar-refractivity contribution in [3.8, 4) is 0 Å². The monoisotopic (exact) mass is 296 g/mol. The average Bonchev–Trinajstić information content (AvgIpc) is 2.49. The third-order valence-electron chi connectivity index (χ3n) is 4.10. The maximum Gasteiger partial charge on any atom is 0.169 e. The molecule has 1 fully saturated rings. The smallest absolute Gasteiger partial charge is 0.169 e. The molecule has 1 aromatic carbocycles. The summed E-state index contributed by atoms with van der Waals surface area (Å²) in [6, 6.07) is 5.04. The van der Waals surface area contributed by atoms with Gasteiger partial charge >= 0.3 is 0 Å². The van der Waals surface area contributed by atoms with Gasteiger partial charge in [0.2, 0.25) is 0 Å². The summed E-state index contributed by atoms with van der Waals surface area (Å²) in [7, 11) is 3.34. The van der Waals surface area contributed by atoms with Gasteiger partial charge in [0, 0.05) is 53.5 Å². The highest BCUT2D eigenvalue weighted by atomic mass is 19.1. The van der Waals surface area contributed by atoms with Crippen LogP contribution in [0, 0.1) is 12.7 Å². The van der Waals surface area contributed by atoms with E-state index in [1.54, 1.807) is 26.4 Å². The molecule has 4 nitrogen and oxygen atoms in total. The van der Waals surface area contributed by atoms with Crippen LogP contribution in [0.25, 0.3) is 0 Å². The topological polar surface area (TPSA) is 24.9 Å². The summed E-state index contributed by atoms with van der Waals surface area (Å²) in [6.45, 7) is 7.69. The predicted octanol–water partition coefficient (Wildman–Crippen LogP) is 1.87. The van der Waals surface area contributed by atoms with Crippen LogP contribution in [-0.2, 0) is 16.0 Å². The molecule has 2 rings (SSSR count). The lowest BCUT2D eigenvalue weighted by Crippen LogP contribution is -2.48. The lowest BCUT2D eigenvalue weighted by atomic mass is 10.1. The molecule has 0 N–H and O–H groups in total. The fourth-order valence-electron chi connectivity index (χ4n) is 2.66. The summed E-state index contributed by atoms with van der Waals surface area (Å²) in [4.78, 5) is 4.76. The standard InChI is InChI=1S/C16H25FN2O2/c1-13-10-15(17)5-4-14(13)11-18-6-8-19(9-7-18)12-16(20-2)21-3/h4-5,10,16H,6-9,11-12H2,1-3H3. The van der Waals surface area contributed by atoms with Gasteiger partial charge in [-0.05, 0) is 30.2 Å². The van der Waals surface area contributed by atoms with Gasteiger partial charge in [-0.3, -0.25) is 9.80 Å². The Morgan fingerprint density at radius 1 is 1.10 bits per heavy atom. The molecule has 118 valence electrons. The second kappa shape index (κ2) is 7.84. The molecular formula is C16H25FN2O2. The van der Waals surface area contributed by atoms with E-state index < -0.39 is 0 Å². The van der Waals surface area contributed by atoms with E-state index in [-0.39, 0.29) is 12.1 Å². The summed E-state index contributed by atoms with van der Waals surface area (Å²) in [6.07, 6.45) is -0.157. The largest absolute Gasteiger partial charge is 0.355 e. The van der Waals surface area contributed by atoms with Gasteiger partial charge in [0.15, 0.2) is 6.29 Å². The molecule has 0 radical (unpaired) electrons. The number of halogens is 1. The van der Waals surface area contributed by atoms with Crippen LogP contribution in [0.3, 0.4) is 0 Å². The number of hydrogen-bond donors (Lipinski definition) is 0. The quantitative estimate of drug-likeness (QED) is 0.748. The van der Waals surface area contributed by atoms with Crippen molar-refractivity contribution in [1.82, 2.24) is 9.80 Å². The van der Waals surface area contributed by atoms with Gasteiger partial charge in [-0.15, -0.1) is 0 Å². The molecule has 1 heterocycles. The summed E-state index contributed by atoms with van der Waals surface area (Å²) >= 11 is 0. The van der Waals surface area contributed by atoms with E-state index in [4.69, 9.17) is 9.47 Å². The molecule has 5 heteroatoms. The summed E-state index contributed by atoms with van der Waals surface area (Å²) in [5.74, 6) is -0.161. The van der Waals surface area contributed by atoms with Crippen LogP contribution in [0.2, 0.25) is 0 Å².